The van der Waals surface area contributed by atoms with Gasteiger partial charge in [-0.15, -0.1) is 0 Å². The van der Waals surface area contributed by atoms with E-state index in [4.69, 9.17) is 9.15 Å². The number of rotatable bonds is 7. The van der Waals surface area contributed by atoms with Gasteiger partial charge in [0, 0.05) is 17.7 Å². The maximum Gasteiger partial charge on any atom is 0.416 e. The van der Waals surface area contributed by atoms with Crippen molar-refractivity contribution in [2.75, 3.05) is 5.32 Å². The van der Waals surface area contributed by atoms with Crippen molar-refractivity contribution in [2.24, 2.45) is 0 Å². The van der Waals surface area contributed by atoms with Crippen LogP contribution < -0.4 is 5.32 Å². The van der Waals surface area contributed by atoms with Gasteiger partial charge in [0.2, 0.25) is 0 Å². The van der Waals surface area contributed by atoms with Gasteiger partial charge in [-0.1, -0.05) is 35.9 Å². The third kappa shape index (κ3) is 6.19. The Bertz CT molecular complexity index is 1090. The zero-order valence-corrected chi connectivity index (χ0v) is 17.4. The maximum atomic E-state index is 12.8. The van der Waals surface area contributed by atoms with Crippen molar-refractivity contribution >= 4 is 17.6 Å². The monoisotopic (exact) mass is 446 g/mol. The van der Waals surface area contributed by atoms with Crippen LogP contribution in [0.5, 0.6) is 0 Å². The van der Waals surface area contributed by atoms with E-state index in [1.807, 2.05) is 31.2 Å². The molecule has 1 heterocycles. The summed E-state index contributed by atoms with van der Waals surface area (Å²) in [6, 6.07) is 11.9. The zero-order valence-electron chi connectivity index (χ0n) is 17.4. The van der Waals surface area contributed by atoms with Crippen molar-refractivity contribution in [2.45, 2.75) is 39.0 Å². The molecule has 1 amide bonds. The van der Waals surface area contributed by atoms with Crippen molar-refractivity contribution in [3.63, 3.8) is 0 Å². The fourth-order valence-corrected chi connectivity index (χ4v) is 2.81. The zero-order chi connectivity index (χ0) is 23.3. The number of alkyl halides is 3. The Kier molecular flexibility index (Phi) is 6.97. The standard InChI is InChI=1S/C23H21F3N2O4/c1-14-6-8-16(9-7-14)19-13-27-20(32-19)10-11-21(29)31-15(2)22(30)28-18-5-3-4-17(12-18)23(24,25)26/h3-9,12-13,15H,10-11H2,1-2H3,(H,28,30). The van der Waals surface area contributed by atoms with Gasteiger partial charge in [-0.2, -0.15) is 13.2 Å². The van der Waals surface area contributed by atoms with Gasteiger partial charge in [-0.05, 0) is 32.0 Å². The van der Waals surface area contributed by atoms with Crippen molar-refractivity contribution in [3.8, 4) is 11.3 Å². The molecule has 9 heteroatoms. The minimum atomic E-state index is -4.53. The number of oxazole rings is 1. The molecule has 1 aromatic heterocycles. The van der Waals surface area contributed by atoms with E-state index >= 15 is 0 Å². The van der Waals surface area contributed by atoms with Gasteiger partial charge in [0.25, 0.3) is 5.91 Å². The summed E-state index contributed by atoms with van der Waals surface area (Å²) in [5.74, 6) is -0.483. The molecule has 0 saturated heterocycles. The number of carbonyl (C=O) groups is 2. The van der Waals surface area contributed by atoms with Gasteiger partial charge in [0.15, 0.2) is 17.8 Å². The molecule has 1 atom stereocenters. The molecule has 2 aromatic carbocycles. The highest BCUT2D eigenvalue weighted by Gasteiger charge is 2.30. The van der Waals surface area contributed by atoms with Gasteiger partial charge >= 0.3 is 12.1 Å². The number of halogens is 3. The molecule has 0 bridgehead atoms. The van der Waals surface area contributed by atoms with Crippen LogP contribution in [0.15, 0.2) is 59.1 Å². The van der Waals surface area contributed by atoms with Crippen LogP contribution in [0.1, 0.15) is 30.4 Å². The maximum absolute atomic E-state index is 12.8. The summed E-state index contributed by atoms with van der Waals surface area (Å²) in [5, 5.41) is 2.31. The SMILES string of the molecule is Cc1ccc(-c2cnc(CCC(=O)OC(C)C(=O)Nc3cccc(C(F)(F)F)c3)o2)cc1. The normalized spacial score (nSPS) is 12.3. The molecule has 3 rings (SSSR count). The summed E-state index contributed by atoms with van der Waals surface area (Å²) in [5.41, 5.74) is 1.03. The first kappa shape index (κ1) is 23.1. The highest BCUT2D eigenvalue weighted by molar-refractivity contribution is 5.95. The molecule has 168 valence electrons. The lowest BCUT2D eigenvalue weighted by atomic mass is 10.1. The molecule has 0 aliphatic carbocycles. The number of nitrogens with zero attached hydrogens (tertiary/aromatic N) is 1. The summed E-state index contributed by atoms with van der Waals surface area (Å²) < 4.78 is 49.0. The van der Waals surface area contributed by atoms with Gasteiger partial charge in [0.05, 0.1) is 18.2 Å². The lowest BCUT2D eigenvalue weighted by molar-refractivity contribution is -0.153. The smallest absolute Gasteiger partial charge is 0.416 e. The Morgan fingerprint density at radius 1 is 1.16 bits per heavy atom. The van der Waals surface area contributed by atoms with E-state index in [0.717, 1.165) is 23.3 Å². The number of nitrogens with one attached hydrogen (secondary N) is 1. The first-order valence-electron chi connectivity index (χ1n) is 9.81. The number of carbonyl (C=O) groups excluding carboxylic acids is 2. The quantitative estimate of drug-likeness (QED) is 0.507. The number of hydrogen-bond donors (Lipinski definition) is 1. The molecule has 1 unspecified atom stereocenters. The third-order valence-corrected chi connectivity index (χ3v) is 4.57. The van der Waals surface area contributed by atoms with E-state index < -0.39 is 29.7 Å². The van der Waals surface area contributed by atoms with Gasteiger partial charge in [-0.25, -0.2) is 4.98 Å². The van der Waals surface area contributed by atoms with Gasteiger partial charge in [0.1, 0.15) is 0 Å². The van der Waals surface area contributed by atoms with Crippen molar-refractivity contribution < 1.29 is 31.9 Å². The molecule has 0 radical (unpaired) electrons. The number of hydrogen-bond acceptors (Lipinski definition) is 5. The molecule has 3 aromatic rings. The van der Waals surface area contributed by atoms with E-state index in [1.54, 1.807) is 6.20 Å². The van der Waals surface area contributed by atoms with Crippen LogP contribution in [0.3, 0.4) is 0 Å². The molecular weight excluding hydrogens is 425 g/mol. The number of anilines is 1. The van der Waals surface area contributed by atoms with Crippen LogP contribution >= 0.6 is 0 Å². The molecular formula is C23H21F3N2O4. The summed E-state index contributed by atoms with van der Waals surface area (Å²) >= 11 is 0. The number of aromatic nitrogens is 1. The van der Waals surface area contributed by atoms with E-state index in [0.29, 0.717) is 11.7 Å². The highest BCUT2D eigenvalue weighted by Crippen LogP contribution is 2.30. The lowest BCUT2D eigenvalue weighted by Gasteiger charge is -2.14. The topological polar surface area (TPSA) is 81.4 Å². The highest BCUT2D eigenvalue weighted by atomic mass is 19.4. The second-order valence-corrected chi connectivity index (χ2v) is 7.18. The molecule has 6 nitrogen and oxygen atoms in total. The average Bonchev–Trinajstić information content (AvgIpc) is 3.21. The molecule has 0 saturated carbocycles. The van der Waals surface area contributed by atoms with Crippen LogP contribution in [0, 0.1) is 6.92 Å². The van der Waals surface area contributed by atoms with Gasteiger partial charge < -0.3 is 14.5 Å². The summed E-state index contributed by atoms with van der Waals surface area (Å²) in [7, 11) is 0. The number of benzene rings is 2. The van der Waals surface area contributed by atoms with Crippen LogP contribution in [0.4, 0.5) is 18.9 Å². The van der Waals surface area contributed by atoms with E-state index in [-0.39, 0.29) is 18.5 Å². The summed E-state index contributed by atoms with van der Waals surface area (Å²) in [4.78, 5) is 28.4. The Hall–Kier alpha value is -3.62. The molecule has 0 spiro atoms. The largest absolute Gasteiger partial charge is 0.453 e. The Labute approximate surface area is 182 Å². The van der Waals surface area contributed by atoms with Crippen LogP contribution in [-0.2, 0) is 26.9 Å². The molecule has 1 N–H and O–H groups in total. The lowest BCUT2D eigenvalue weighted by Crippen LogP contribution is -2.30. The Balaban J connectivity index is 1.49. The first-order valence-corrected chi connectivity index (χ1v) is 9.81. The molecule has 0 aliphatic rings. The average molecular weight is 446 g/mol. The van der Waals surface area contributed by atoms with Crippen LogP contribution in [0.25, 0.3) is 11.3 Å². The van der Waals surface area contributed by atoms with Crippen LogP contribution in [-0.4, -0.2) is 23.0 Å². The minimum absolute atomic E-state index is 0.0452. The number of amides is 1. The number of esters is 1. The Morgan fingerprint density at radius 2 is 1.88 bits per heavy atom. The van der Waals surface area contributed by atoms with E-state index in [9.17, 15) is 22.8 Å². The summed E-state index contributed by atoms with van der Waals surface area (Å²) in [6.07, 6.45) is -4.05. The van der Waals surface area contributed by atoms with Gasteiger partial charge in [-0.3, -0.25) is 9.59 Å². The number of aryl methyl sites for hydroxylation is 2. The fraction of sp³-hybridized carbons (Fsp3) is 0.261. The van der Waals surface area contributed by atoms with Crippen molar-refractivity contribution in [1.29, 1.82) is 0 Å². The second-order valence-electron chi connectivity index (χ2n) is 7.18. The second kappa shape index (κ2) is 9.67. The van der Waals surface area contributed by atoms with E-state index in [2.05, 4.69) is 10.3 Å². The third-order valence-electron chi connectivity index (χ3n) is 4.57. The van der Waals surface area contributed by atoms with E-state index in [1.165, 1.54) is 19.1 Å². The number of ether oxygens (including phenoxy) is 1. The molecule has 32 heavy (non-hydrogen) atoms. The minimum Gasteiger partial charge on any atom is -0.453 e. The fourth-order valence-electron chi connectivity index (χ4n) is 2.81. The summed E-state index contributed by atoms with van der Waals surface area (Å²) in [6.45, 7) is 3.31. The Morgan fingerprint density at radius 3 is 2.56 bits per heavy atom. The molecule has 0 fully saturated rings. The predicted octanol–water partition coefficient (Wildman–Crippen LogP) is 5.17. The first-order chi connectivity index (χ1) is 15.1. The predicted molar refractivity (Wildman–Crippen MR) is 111 cm³/mol. The van der Waals surface area contributed by atoms with Crippen LogP contribution in [0.2, 0.25) is 0 Å². The van der Waals surface area contributed by atoms with Crippen molar-refractivity contribution in [3.05, 3.63) is 71.7 Å². The molecule has 0 aliphatic heterocycles. The van der Waals surface area contributed by atoms with Crippen molar-refractivity contribution in [1.82, 2.24) is 4.98 Å².